The number of rotatable bonds is 14. The minimum atomic E-state index is -0.596. The number of ether oxygens (including phenoxy) is 4. The van der Waals surface area contributed by atoms with Gasteiger partial charge < -0.3 is 45.1 Å². The van der Waals surface area contributed by atoms with E-state index in [0.29, 0.717) is 24.2 Å². The van der Waals surface area contributed by atoms with Crippen molar-refractivity contribution in [3.05, 3.63) is 71.8 Å². The van der Waals surface area contributed by atoms with Crippen LogP contribution in [-0.4, -0.2) is 102 Å². The van der Waals surface area contributed by atoms with Crippen LogP contribution in [0.15, 0.2) is 60.7 Å². The van der Waals surface area contributed by atoms with Crippen molar-refractivity contribution in [3.63, 3.8) is 0 Å². The molecule has 0 saturated heterocycles. The van der Waals surface area contributed by atoms with Crippen LogP contribution in [0.1, 0.15) is 123 Å². The van der Waals surface area contributed by atoms with Crippen molar-refractivity contribution in [2.45, 2.75) is 125 Å². The summed E-state index contributed by atoms with van der Waals surface area (Å²) >= 11 is 5.16. The Balaban J connectivity index is 0.000000970. The number of nitrogens with zero attached hydrogens (tertiary/aromatic N) is 1. The summed E-state index contributed by atoms with van der Waals surface area (Å²) in [6, 6.07) is 17.6. The van der Waals surface area contributed by atoms with Crippen LogP contribution in [0.3, 0.4) is 0 Å². The Bertz CT molecular complexity index is 1500. The van der Waals surface area contributed by atoms with Crippen molar-refractivity contribution in [3.8, 4) is 0 Å². The van der Waals surface area contributed by atoms with Crippen LogP contribution in [-0.2, 0) is 18.9 Å². The maximum Gasteiger partial charge on any atom is 0.407 e. The molecule has 0 bridgehead atoms. The highest BCUT2D eigenvalue weighted by molar-refractivity contribution is 6.67. The second kappa shape index (κ2) is 26.9. The molecule has 0 unspecified atom stereocenters. The largest absolute Gasteiger partial charge is 0.444 e. The van der Waals surface area contributed by atoms with Crippen LogP contribution in [0.2, 0.25) is 0 Å². The molecular weight excluding hydrogens is 782 g/mol. The Labute approximate surface area is 355 Å². The molecule has 332 valence electrons. The van der Waals surface area contributed by atoms with E-state index >= 15 is 0 Å². The molecule has 59 heavy (non-hydrogen) atoms. The van der Waals surface area contributed by atoms with Gasteiger partial charge in [0.25, 0.3) is 11.1 Å². The monoisotopic (exact) mass is 849 g/mol. The first kappa shape index (κ1) is 53.9. The first-order chi connectivity index (χ1) is 27.2. The van der Waals surface area contributed by atoms with Gasteiger partial charge in [0.05, 0.1) is 0 Å². The molecular formula is C43H68ClN5O10. The molecule has 2 aromatic carbocycles. The van der Waals surface area contributed by atoms with Gasteiger partial charge >= 0.3 is 24.4 Å². The highest BCUT2D eigenvalue weighted by Crippen LogP contribution is 2.10. The van der Waals surface area contributed by atoms with Crippen molar-refractivity contribution in [1.29, 1.82) is 0 Å². The second-order valence-electron chi connectivity index (χ2n) is 17.1. The lowest BCUT2D eigenvalue weighted by Crippen LogP contribution is -2.44. The van der Waals surface area contributed by atoms with Gasteiger partial charge in [-0.25, -0.2) is 19.2 Å². The van der Waals surface area contributed by atoms with E-state index in [0.717, 1.165) is 19.3 Å². The van der Waals surface area contributed by atoms with Gasteiger partial charge in [0, 0.05) is 50.4 Å². The zero-order valence-corrected chi connectivity index (χ0v) is 37.8. The molecule has 2 rings (SSSR count). The number of benzene rings is 2. The van der Waals surface area contributed by atoms with E-state index in [-0.39, 0.29) is 32.1 Å². The number of alkyl carbamates (subject to hydrolysis) is 4. The van der Waals surface area contributed by atoms with E-state index in [9.17, 15) is 28.8 Å². The Morgan fingerprint density at radius 1 is 0.458 bits per heavy atom. The molecule has 0 saturated carbocycles. The standard InChI is InChI=1S/C21H33N3O5.C15H30N2O4.C7H5ClO/c1-20(2,3)28-18(26)22-12-14-24(17(25)16-10-8-7-9-11-16)15-13-23-19(27)29-21(4,5)6;1-14(2,3)20-12(18)16-10-8-7-9-11-17-13(19)21-15(4,5)6;8-7(9)6-4-2-1-3-5-6/h7-11H,12-15H2,1-6H3,(H,22,26)(H,23,27);7-11H2,1-6H3,(H,16,18)(H,17,19);1-5H. The molecule has 0 aromatic heterocycles. The molecule has 0 fully saturated rings. The Morgan fingerprint density at radius 2 is 0.746 bits per heavy atom. The Kier molecular flexibility index (Phi) is 24.6. The van der Waals surface area contributed by atoms with Crippen LogP contribution in [0.4, 0.5) is 19.2 Å². The molecule has 0 heterocycles. The maximum atomic E-state index is 12.8. The quantitative estimate of drug-likeness (QED) is 0.0815. The van der Waals surface area contributed by atoms with E-state index in [1.165, 1.54) is 0 Å². The third-order valence-electron chi connectivity index (χ3n) is 6.60. The van der Waals surface area contributed by atoms with E-state index in [1.54, 1.807) is 95.0 Å². The lowest BCUT2D eigenvalue weighted by atomic mass is 10.2. The molecule has 15 nitrogen and oxygen atoms in total. The number of unbranched alkanes of at least 4 members (excludes halogenated alkanes) is 2. The average molecular weight is 850 g/mol. The lowest BCUT2D eigenvalue weighted by molar-refractivity contribution is 0.0498. The predicted molar refractivity (Wildman–Crippen MR) is 230 cm³/mol. The van der Waals surface area contributed by atoms with Gasteiger partial charge in [-0.2, -0.15) is 0 Å². The van der Waals surface area contributed by atoms with Crippen molar-refractivity contribution in [2.75, 3.05) is 39.3 Å². The number of carbonyl (C=O) groups excluding carboxylic acids is 6. The minimum absolute atomic E-state index is 0.192. The van der Waals surface area contributed by atoms with Crippen LogP contribution in [0.5, 0.6) is 0 Å². The van der Waals surface area contributed by atoms with E-state index in [4.69, 9.17) is 30.5 Å². The summed E-state index contributed by atoms with van der Waals surface area (Å²) < 4.78 is 20.6. The number of hydrogen-bond donors (Lipinski definition) is 4. The van der Waals surface area contributed by atoms with E-state index in [2.05, 4.69) is 21.3 Å². The van der Waals surface area contributed by atoms with Gasteiger partial charge in [-0.15, -0.1) is 0 Å². The summed E-state index contributed by atoms with van der Waals surface area (Å²) in [4.78, 5) is 71.1. The van der Waals surface area contributed by atoms with Crippen LogP contribution in [0, 0.1) is 0 Å². The average Bonchev–Trinajstić information content (AvgIpc) is 3.08. The zero-order chi connectivity index (χ0) is 45.3. The highest BCUT2D eigenvalue weighted by Gasteiger charge is 2.20. The fourth-order valence-corrected chi connectivity index (χ4v) is 4.42. The minimum Gasteiger partial charge on any atom is -0.444 e. The molecule has 4 N–H and O–H groups in total. The van der Waals surface area contributed by atoms with Crippen molar-refractivity contribution in [2.24, 2.45) is 0 Å². The van der Waals surface area contributed by atoms with Crippen LogP contribution >= 0.6 is 11.6 Å². The highest BCUT2D eigenvalue weighted by atomic mass is 35.5. The predicted octanol–water partition coefficient (Wildman–Crippen LogP) is 8.45. The van der Waals surface area contributed by atoms with E-state index < -0.39 is 52.0 Å². The van der Waals surface area contributed by atoms with Crippen molar-refractivity contribution in [1.82, 2.24) is 26.2 Å². The van der Waals surface area contributed by atoms with Crippen molar-refractivity contribution < 1.29 is 47.7 Å². The summed E-state index contributed by atoms with van der Waals surface area (Å²) in [5.74, 6) is -0.192. The third-order valence-corrected chi connectivity index (χ3v) is 6.82. The van der Waals surface area contributed by atoms with Gasteiger partial charge in [0.2, 0.25) is 0 Å². The fraction of sp³-hybridized carbons (Fsp3) is 0.581. The molecule has 0 radical (unpaired) electrons. The molecule has 0 aliphatic rings. The molecule has 5 amide bonds. The summed E-state index contributed by atoms with van der Waals surface area (Å²) in [6.45, 7) is 23.8. The van der Waals surface area contributed by atoms with Crippen molar-refractivity contribution >= 4 is 47.1 Å². The zero-order valence-electron chi connectivity index (χ0n) is 37.0. The van der Waals surface area contributed by atoms with Gasteiger partial charge in [-0.1, -0.05) is 48.5 Å². The fourth-order valence-electron chi connectivity index (χ4n) is 4.30. The summed E-state index contributed by atoms with van der Waals surface area (Å²) in [6.07, 6.45) is 0.715. The molecule has 0 atom stereocenters. The molecule has 0 aliphatic carbocycles. The summed E-state index contributed by atoms with van der Waals surface area (Å²) in [7, 11) is 0. The molecule has 2 aromatic rings. The number of carbonyl (C=O) groups is 6. The van der Waals surface area contributed by atoms with Crippen LogP contribution < -0.4 is 21.3 Å². The second-order valence-corrected chi connectivity index (χ2v) is 17.4. The van der Waals surface area contributed by atoms with Gasteiger partial charge in [-0.05, 0) is 126 Å². The van der Waals surface area contributed by atoms with Gasteiger partial charge in [0.1, 0.15) is 22.4 Å². The number of amides is 5. The first-order valence-electron chi connectivity index (χ1n) is 19.6. The third kappa shape index (κ3) is 32.6. The van der Waals surface area contributed by atoms with Gasteiger partial charge in [-0.3, -0.25) is 9.59 Å². The molecule has 16 heteroatoms. The normalized spacial score (nSPS) is 11.1. The topological polar surface area (TPSA) is 191 Å². The first-order valence-corrected chi connectivity index (χ1v) is 20.0. The number of hydrogen-bond acceptors (Lipinski definition) is 10. The van der Waals surface area contributed by atoms with E-state index in [1.807, 2.05) is 53.7 Å². The van der Waals surface area contributed by atoms with Crippen LogP contribution in [0.25, 0.3) is 0 Å². The lowest BCUT2D eigenvalue weighted by Gasteiger charge is -2.25. The maximum absolute atomic E-state index is 12.8. The Morgan fingerprint density at radius 3 is 1.02 bits per heavy atom. The Hall–Kier alpha value is -5.05. The number of nitrogens with one attached hydrogen (secondary N) is 4. The summed E-state index contributed by atoms with van der Waals surface area (Å²) in [5.41, 5.74) is -1.06. The summed E-state index contributed by atoms with van der Waals surface area (Å²) in [5, 5.41) is 10.3. The smallest absolute Gasteiger partial charge is 0.407 e. The van der Waals surface area contributed by atoms with Gasteiger partial charge in [0.15, 0.2) is 0 Å². The SMILES string of the molecule is CC(C)(C)OC(=O)NCCCCCNC(=O)OC(C)(C)C.CC(C)(C)OC(=O)NCCN(CCNC(=O)OC(C)(C)C)C(=O)c1ccccc1.O=C(Cl)c1ccccc1. The number of halogens is 1. The molecule has 0 aliphatic heterocycles. The molecule has 0 spiro atoms.